The van der Waals surface area contributed by atoms with Crippen molar-refractivity contribution >= 4 is 22.0 Å². The summed E-state index contributed by atoms with van der Waals surface area (Å²) >= 11 is 3.47. The number of hydrogen-bond donors (Lipinski definition) is 0. The highest BCUT2D eigenvalue weighted by Gasteiger charge is 2.22. The van der Waals surface area contributed by atoms with Gasteiger partial charge in [-0.05, 0) is 48.8 Å². The van der Waals surface area contributed by atoms with Crippen molar-refractivity contribution in [2.75, 3.05) is 13.2 Å². The second kappa shape index (κ2) is 8.63. The van der Waals surface area contributed by atoms with Gasteiger partial charge in [0.05, 0.1) is 0 Å². The van der Waals surface area contributed by atoms with Crippen LogP contribution in [0.5, 0.6) is 0 Å². The van der Waals surface area contributed by atoms with Crippen molar-refractivity contribution < 1.29 is 4.74 Å². The van der Waals surface area contributed by atoms with Gasteiger partial charge < -0.3 is 4.74 Å². The van der Waals surface area contributed by atoms with Crippen molar-refractivity contribution in [1.29, 1.82) is 0 Å². The molecular weight excluding hydrogens is 312 g/mol. The van der Waals surface area contributed by atoms with Crippen LogP contribution in [-0.2, 0) is 4.74 Å². The molecule has 0 amide bonds. The van der Waals surface area contributed by atoms with Gasteiger partial charge in [-0.25, -0.2) is 0 Å². The minimum atomic E-state index is 0.762. The summed E-state index contributed by atoms with van der Waals surface area (Å²) in [6.45, 7) is 4.22. The van der Waals surface area contributed by atoms with Gasteiger partial charge in [-0.2, -0.15) is 0 Å². The highest BCUT2D eigenvalue weighted by atomic mass is 79.9. The lowest BCUT2D eigenvalue weighted by molar-refractivity contribution is 0.0291. The maximum atomic E-state index is 5.66. The number of hydrogen-bond acceptors (Lipinski definition) is 1. The summed E-state index contributed by atoms with van der Waals surface area (Å²) in [6.07, 6.45) is 10.9. The Hall–Kier alpha value is -0.600. The maximum absolute atomic E-state index is 5.66. The molecule has 0 N–H and O–H groups in total. The molecule has 0 aliphatic carbocycles. The van der Waals surface area contributed by atoms with E-state index in [4.69, 9.17) is 4.74 Å². The van der Waals surface area contributed by atoms with Gasteiger partial charge in [-0.15, -0.1) is 0 Å². The van der Waals surface area contributed by atoms with Gasteiger partial charge in [0.15, 0.2) is 0 Å². The van der Waals surface area contributed by atoms with E-state index in [1.165, 1.54) is 37.7 Å². The van der Waals surface area contributed by atoms with Crippen LogP contribution in [0.3, 0.4) is 0 Å². The van der Waals surface area contributed by atoms with Gasteiger partial charge in [-0.3, -0.25) is 0 Å². The molecule has 0 bridgehead atoms. The second-order valence-corrected chi connectivity index (χ2v) is 6.63. The number of halogens is 1. The van der Waals surface area contributed by atoms with Gasteiger partial charge in [-0.1, -0.05) is 60.0 Å². The molecule has 1 saturated heterocycles. The first kappa shape index (κ1) is 15.8. The van der Waals surface area contributed by atoms with Crippen molar-refractivity contribution in [2.45, 2.75) is 39.0 Å². The van der Waals surface area contributed by atoms with Crippen molar-refractivity contribution in [3.05, 3.63) is 40.4 Å². The third-order valence-corrected chi connectivity index (χ3v) is 4.67. The summed E-state index contributed by atoms with van der Waals surface area (Å²) in [5, 5.41) is 0. The maximum Gasteiger partial charge on any atom is 0.0497 e. The van der Waals surface area contributed by atoms with Gasteiger partial charge >= 0.3 is 0 Å². The Labute approximate surface area is 131 Å². The van der Waals surface area contributed by atoms with Gasteiger partial charge in [0.25, 0.3) is 0 Å². The van der Waals surface area contributed by atoms with E-state index in [1.54, 1.807) is 0 Å². The van der Waals surface area contributed by atoms with E-state index in [9.17, 15) is 0 Å². The van der Waals surface area contributed by atoms with E-state index in [1.807, 2.05) is 0 Å². The average Bonchev–Trinajstić information content (AvgIpc) is 2.49. The molecule has 0 saturated carbocycles. The Morgan fingerprint density at radius 1 is 1.35 bits per heavy atom. The van der Waals surface area contributed by atoms with E-state index in [2.05, 4.69) is 59.3 Å². The highest BCUT2D eigenvalue weighted by molar-refractivity contribution is 9.10. The molecule has 2 rings (SSSR count). The third-order valence-electron chi connectivity index (χ3n) is 4.14. The highest BCUT2D eigenvalue weighted by Crippen LogP contribution is 2.29. The van der Waals surface area contributed by atoms with Crippen molar-refractivity contribution in [1.82, 2.24) is 0 Å². The standard InChI is InChI=1S/C18H25BrO/c1-2-5-16(17-8-4-13-20-14-17)7-3-6-15-9-11-18(19)12-10-15/h3,6,9-12,16-17H,2,4-5,7-8,13-14H2,1H3. The molecule has 1 heterocycles. The lowest BCUT2D eigenvalue weighted by Crippen LogP contribution is -2.24. The summed E-state index contributed by atoms with van der Waals surface area (Å²) < 4.78 is 6.79. The molecule has 110 valence electrons. The molecule has 2 atom stereocenters. The first-order valence-corrected chi connectivity index (χ1v) is 8.58. The van der Waals surface area contributed by atoms with E-state index in [-0.39, 0.29) is 0 Å². The molecule has 1 aromatic carbocycles. The molecule has 1 aliphatic rings. The SMILES string of the molecule is CCCC(CC=Cc1ccc(Br)cc1)C1CCCOC1. The molecule has 2 heteroatoms. The monoisotopic (exact) mass is 336 g/mol. The average molecular weight is 337 g/mol. The van der Waals surface area contributed by atoms with E-state index < -0.39 is 0 Å². The Bertz CT molecular complexity index is 404. The lowest BCUT2D eigenvalue weighted by atomic mass is 9.82. The van der Waals surface area contributed by atoms with Gasteiger partial charge in [0, 0.05) is 17.7 Å². The van der Waals surface area contributed by atoms with Crippen molar-refractivity contribution in [3.63, 3.8) is 0 Å². The Kier molecular flexibility index (Phi) is 6.81. The zero-order chi connectivity index (χ0) is 14.2. The third kappa shape index (κ3) is 5.06. The smallest absolute Gasteiger partial charge is 0.0497 e. The second-order valence-electron chi connectivity index (χ2n) is 5.72. The zero-order valence-corrected chi connectivity index (χ0v) is 13.9. The summed E-state index contributed by atoms with van der Waals surface area (Å²) in [5.41, 5.74) is 1.28. The van der Waals surface area contributed by atoms with E-state index >= 15 is 0 Å². The fourth-order valence-corrected chi connectivity index (χ4v) is 3.27. The fourth-order valence-electron chi connectivity index (χ4n) is 3.01. The molecule has 1 nitrogen and oxygen atoms in total. The minimum Gasteiger partial charge on any atom is -0.381 e. The molecule has 0 radical (unpaired) electrons. The van der Waals surface area contributed by atoms with Crippen LogP contribution in [0.25, 0.3) is 6.08 Å². The number of benzene rings is 1. The Morgan fingerprint density at radius 3 is 2.80 bits per heavy atom. The summed E-state index contributed by atoms with van der Waals surface area (Å²) in [5.74, 6) is 1.55. The number of ether oxygens (including phenoxy) is 1. The van der Waals surface area contributed by atoms with Crippen LogP contribution in [0.4, 0.5) is 0 Å². The quantitative estimate of drug-likeness (QED) is 0.647. The molecule has 1 fully saturated rings. The number of allylic oxidation sites excluding steroid dienone is 1. The predicted molar refractivity (Wildman–Crippen MR) is 89.7 cm³/mol. The molecule has 1 aliphatic heterocycles. The van der Waals surface area contributed by atoms with E-state index in [0.717, 1.165) is 29.5 Å². The largest absolute Gasteiger partial charge is 0.381 e. The molecule has 0 aromatic heterocycles. The van der Waals surface area contributed by atoms with E-state index in [0.29, 0.717) is 0 Å². The van der Waals surface area contributed by atoms with Crippen LogP contribution in [-0.4, -0.2) is 13.2 Å². The topological polar surface area (TPSA) is 9.23 Å². The van der Waals surface area contributed by atoms with Crippen LogP contribution in [0.2, 0.25) is 0 Å². The van der Waals surface area contributed by atoms with Crippen molar-refractivity contribution in [2.24, 2.45) is 11.8 Å². The first-order valence-electron chi connectivity index (χ1n) is 7.79. The van der Waals surface area contributed by atoms with Crippen molar-refractivity contribution in [3.8, 4) is 0 Å². The summed E-state index contributed by atoms with van der Waals surface area (Å²) in [7, 11) is 0. The van der Waals surface area contributed by atoms with Gasteiger partial charge in [0.2, 0.25) is 0 Å². The van der Waals surface area contributed by atoms with Crippen LogP contribution < -0.4 is 0 Å². The molecule has 2 unspecified atom stereocenters. The van der Waals surface area contributed by atoms with Crippen LogP contribution >= 0.6 is 15.9 Å². The predicted octanol–water partition coefficient (Wildman–Crippen LogP) is 5.70. The Balaban J connectivity index is 1.88. The first-order chi connectivity index (χ1) is 9.79. The molecule has 1 aromatic rings. The number of rotatable bonds is 6. The van der Waals surface area contributed by atoms with Crippen LogP contribution in [0.15, 0.2) is 34.8 Å². The van der Waals surface area contributed by atoms with Gasteiger partial charge in [0.1, 0.15) is 0 Å². The molecule has 0 spiro atoms. The minimum absolute atomic E-state index is 0.762. The van der Waals surface area contributed by atoms with Crippen LogP contribution in [0.1, 0.15) is 44.6 Å². The summed E-state index contributed by atoms with van der Waals surface area (Å²) in [6, 6.07) is 8.49. The lowest BCUT2D eigenvalue weighted by Gasteiger charge is -2.29. The summed E-state index contributed by atoms with van der Waals surface area (Å²) in [4.78, 5) is 0. The molecular formula is C18H25BrO. The Morgan fingerprint density at radius 2 is 2.15 bits per heavy atom. The van der Waals surface area contributed by atoms with Crippen LogP contribution in [0, 0.1) is 11.8 Å². The molecule has 20 heavy (non-hydrogen) atoms. The zero-order valence-electron chi connectivity index (χ0n) is 12.4. The fraction of sp³-hybridized carbons (Fsp3) is 0.556. The normalized spacial score (nSPS) is 21.2.